The van der Waals surface area contributed by atoms with Gasteiger partial charge in [0.15, 0.2) is 0 Å². The quantitative estimate of drug-likeness (QED) is 0.704. The Morgan fingerprint density at radius 3 is 2.61 bits per heavy atom. The highest BCUT2D eigenvalue weighted by Crippen LogP contribution is 2.38. The Kier molecular flexibility index (Phi) is 6.88. The minimum absolute atomic E-state index is 0.0694. The van der Waals surface area contributed by atoms with Gasteiger partial charge in [-0.1, -0.05) is 30.3 Å². The summed E-state index contributed by atoms with van der Waals surface area (Å²) in [6, 6.07) is 15.8. The van der Waals surface area contributed by atoms with Crippen LogP contribution in [0, 0.1) is 0 Å². The lowest BCUT2D eigenvalue weighted by molar-refractivity contribution is 0.0256. The molecule has 6 heteroatoms. The van der Waals surface area contributed by atoms with Gasteiger partial charge in [-0.25, -0.2) is 0 Å². The van der Waals surface area contributed by atoms with Crippen LogP contribution in [-0.4, -0.2) is 29.1 Å². The van der Waals surface area contributed by atoms with Gasteiger partial charge in [-0.05, 0) is 38.5 Å². The first-order chi connectivity index (χ1) is 13.4. The van der Waals surface area contributed by atoms with E-state index in [1.54, 1.807) is 7.11 Å². The predicted molar refractivity (Wildman–Crippen MR) is 112 cm³/mol. The molecule has 0 aromatic heterocycles. The van der Waals surface area contributed by atoms with E-state index in [1.165, 1.54) is 0 Å². The first-order valence-electron chi connectivity index (χ1n) is 9.51. The van der Waals surface area contributed by atoms with Crippen LogP contribution in [0.4, 0.5) is 0 Å². The van der Waals surface area contributed by atoms with Crippen molar-refractivity contribution in [2.75, 3.05) is 13.7 Å². The van der Waals surface area contributed by atoms with Gasteiger partial charge in [-0.3, -0.25) is 0 Å². The van der Waals surface area contributed by atoms with Gasteiger partial charge in [-0.2, -0.15) is 0 Å². The number of methoxy groups -OCH3 is 1. The lowest BCUT2D eigenvalue weighted by Gasteiger charge is -2.34. The maximum atomic E-state index is 12.7. The Morgan fingerprint density at radius 1 is 1.18 bits per heavy atom. The summed E-state index contributed by atoms with van der Waals surface area (Å²) in [7, 11) is 1.63. The smallest absolute Gasteiger partial charge is 0.136 e. The van der Waals surface area contributed by atoms with Crippen LogP contribution < -0.4 is 14.2 Å². The second-order valence-electron chi connectivity index (χ2n) is 7.93. The highest BCUT2D eigenvalue weighted by atomic mass is 32.2. The summed E-state index contributed by atoms with van der Waals surface area (Å²) in [5.41, 5.74) is 2.13. The highest BCUT2D eigenvalue weighted by molar-refractivity contribution is 7.90. The van der Waals surface area contributed by atoms with Crippen molar-refractivity contribution < 1.29 is 18.8 Å². The third-order valence-electron chi connectivity index (χ3n) is 4.61. The molecule has 1 aliphatic heterocycles. The average molecular weight is 404 g/mol. The summed E-state index contributed by atoms with van der Waals surface area (Å²) in [6.45, 7) is 6.89. The standard InChI is InChI=1S/C22H29NO4S/c1-22(2,3)28(24)23-20-12-18(15-26-14-16-8-6-5-7-9-16)27-21-13-17(25-4)10-11-19(20)21/h5-11,13,18,20,23H,12,14-15H2,1-4H3/t18-,20-,28-/m0/s1. The van der Waals surface area contributed by atoms with E-state index in [9.17, 15) is 4.55 Å². The molecule has 152 valence electrons. The van der Waals surface area contributed by atoms with Crippen LogP contribution in [0.1, 0.15) is 44.4 Å². The van der Waals surface area contributed by atoms with E-state index in [1.807, 2.05) is 69.3 Å². The van der Waals surface area contributed by atoms with Crippen LogP contribution >= 0.6 is 0 Å². The third kappa shape index (κ3) is 5.41. The van der Waals surface area contributed by atoms with Gasteiger partial charge in [-0.15, -0.1) is 4.72 Å². The van der Waals surface area contributed by atoms with Gasteiger partial charge in [0.25, 0.3) is 0 Å². The normalized spacial score (nSPS) is 20.2. The molecule has 5 nitrogen and oxygen atoms in total. The molecule has 0 fully saturated rings. The zero-order chi connectivity index (χ0) is 20.1. The van der Waals surface area contributed by atoms with Crippen molar-refractivity contribution in [3.05, 3.63) is 59.7 Å². The van der Waals surface area contributed by atoms with E-state index in [4.69, 9.17) is 14.2 Å². The second-order valence-corrected chi connectivity index (χ2v) is 9.93. The zero-order valence-electron chi connectivity index (χ0n) is 16.9. The van der Waals surface area contributed by atoms with Crippen molar-refractivity contribution in [1.82, 2.24) is 4.72 Å². The molecule has 0 unspecified atom stereocenters. The number of ether oxygens (including phenoxy) is 3. The molecule has 0 spiro atoms. The van der Waals surface area contributed by atoms with E-state index in [2.05, 4.69) is 4.72 Å². The Morgan fingerprint density at radius 2 is 1.93 bits per heavy atom. The molecule has 0 bridgehead atoms. The SMILES string of the molecule is COc1ccc2c(c1)O[C@H](COCc1ccccc1)C[C@@H]2N[S@@+]([O-])C(C)(C)C. The number of fused-ring (bicyclic) bond motifs is 1. The average Bonchev–Trinajstić information content (AvgIpc) is 2.67. The van der Waals surface area contributed by atoms with Crippen molar-refractivity contribution in [3.63, 3.8) is 0 Å². The van der Waals surface area contributed by atoms with E-state index in [0.717, 1.165) is 22.6 Å². The lowest BCUT2D eigenvalue weighted by atomic mass is 9.97. The highest BCUT2D eigenvalue weighted by Gasteiger charge is 2.35. The number of hydrogen-bond donors (Lipinski definition) is 1. The van der Waals surface area contributed by atoms with E-state index in [0.29, 0.717) is 19.6 Å². The fraction of sp³-hybridized carbons (Fsp3) is 0.455. The van der Waals surface area contributed by atoms with Crippen molar-refractivity contribution in [2.45, 2.75) is 50.7 Å². The molecule has 2 aromatic rings. The summed E-state index contributed by atoms with van der Waals surface area (Å²) < 4.78 is 33.0. The van der Waals surface area contributed by atoms with Crippen molar-refractivity contribution >= 4 is 11.4 Å². The zero-order valence-corrected chi connectivity index (χ0v) is 17.8. The molecule has 28 heavy (non-hydrogen) atoms. The van der Waals surface area contributed by atoms with Crippen LogP contribution in [0.25, 0.3) is 0 Å². The first-order valence-corrected chi connectivity index (χ1v) is 10.7. The van der Waals surface area contributed by atoms with Crippen LogP contribution in [-0.2, 0) is 22.7 Å². The second kappa shape index (κ2) is 9.18. The van der Waals surface area contributed by atoms with Gasteiger partial charge < -0.3 is 18.8 Å². The summed E-state index contributed by atoms with van der Waals surface area (Å²) in [5, 5.41) is 0. The Labute approximate surface area is 170 Å². The van der Waals surface area contributed by atoms with Crippen LogP contribution in [0.2, 0.25) is 0 Å². The lowest BCUT2D eigenvalue weighted by Crippen LogP contribution is -2.44. The molecule has 3 rings (SSSR count). The van der Waals surface area contributed by atoms with Crippen LogP contribution in [0.5, 0.6) is 11.5 Å². The summed E-state index contributed by atoms with van der Waals surface area (Å²) >= 11 is -1.18. The van der Waals surface area contributed by atoms with E-state index in [-0.39, 0.29) is 16.9 Å². The molecule has 2 aromatic carbocycles. The maximum absolute atomic E-state index is 12.7. The third-order valence-corrected chi connectivity index (χ3v) is 6.22. The Hall–Kier alpha value is -1.73. The fourth-order valence-electron chi connectivity index (χ4n) is 3.05. The molecule has 0 saturated carbocycles. The minimum atomic E-state index is -1.18. The van der Waals surface area contributed by atoms with Crippen molar-refractivity contribution in [2.24, 2.45) is 0 Å². The monoisotopic (exact) mass is 403 g/mol. The van der Waals surface area contributed by atoms with Crippen LogP contribution in [0.15, 0.2) is 48.5 Å². The topological polar surface area (TPSA) is 62.8 Å². The summed E-state index contributed by atoms with van der Waals surface area (Å²) in [4.78, 5) is 0. The van der Waals surface area contributed by atoms with Crippen molar-refractivity contribution in [1.29, 1.82) is 0 Å². The van der Waals surface area contributed by atoms with Gasteiger partial charge in [0.2, 0.25) is 0 Å². The maximum Gasteiger partial charge on any atom is 0.136 e. The molecule has 0 saturated heterocycles. The molecule has 1 N–H and O–H groups in total. The number of rotatable bonds is 7. The molecule has 0 radical (unpaired) electrons. The first kappa shape index (κ1) is 21.0. The molecule has 1 heterocycles. The number of nitrogens with one attached hydrogen (secondary N) is 1. The predicted octanol–water partition coefficient (Wildman–Crippen LogP) is 4.16. The van der Waals surface area contributed by atoms with Crippen LogP contribution in [0.3, 0.4) is 0 Å². The number of hydrogen-bond acceptors (Lipinski definition) is 5. The molecule has 3 atom stereocenters. The van der Waals surface area contributed by atoms with E-state index < -0.39 is 11.4 Å². The fourth-order valence-corrected chi connectivity index (χ4v) is 3.89. The van der Waals surface area contributed by atoms with Gasteiger partial charge in [0.1, 0.15) is 22.4 Å². The molecule has 0 aliphatic carbocycles. The summed E-state index contributed by atoms with van der Waals surface area (Å²) in [6.07, 6.45) is 0.563. The molecular weight excluding hydrogens is 374 g/mol. The number of benzene rings is 2. The molecule has 1 aliphatic rings. The minimum Gasteiger partial charge on any atom is -0.598 e. The van der Waals surface area contributed by atoms with Gasteiger partial charge in [0.05, 0.1) is 26.4 Å². The summed E-state index contributed by atoms with van der Waals surface area (Å²) in [5.74, 6) is 1.49. The van der Waals surface area contributed by atoms with Gasteiger partial charge in [0, 0.05) is 29.4 Å². The van der Waals surface area contributed by atoms with Crippen molar-refractivity contribution in [3.8, 4) is 11.5 Å². The molecular formula is C22H29NO4S. The molecule has 0 amide bonds. The largest absolute Gasteiger partial charge is 0.598 e. The van der Waals surface area contributed by atoms with E-state index >= 15 is 0 Å². The Balaban J connectivity index is 1.70. The van der Waals surface area contributed by atoms with Gasteiger partial charge >= 0.3 is 0 Å². The Bertz CT molecular complexity index is 763.